The van der Waals surface area contributed by atoms with Gasteiger partial charge in [-0.05, 0) is 0 Å². The molecule has 2 rings (SSSR count). The van der Waals surface area contributed by atoms with Gasteiger partial charge in [-0.2, -0.15) is 0 Å². The highest BCUT2D eigenvalue weighted by Crippen LogP contribution is 2.24. The lowest BCUT2D eigenvalue weighted by atomic mass is 10.1. The highest BCUT2D eigenvalue weighted by Gasteiger charge is 2.09. The first kappa shape index (κ1) is 9.16. The molecule has 15 heavy (non-hydrogen) atoms. The second-order valence-electron chi connectivity index (χ2n) is 2.89. The maximum atomic E-state index is 10.6. The number of carbonyl (C=O) groups is 1. The summed E-state index contributed by atoms with van der Waals surface area (Å²) in [4.78, 5) is 13.9. The van der Waals surface area contributed by atoms with Gasteiger partial charge in [-0.3, -0.25) is 4.79 Å². The topological polar surface area (TPSA) is 47.5 Å². The van der Waals surface area contributed by atoms with Gasteiger partial charge >= 0.3 is 0 Å². The second kappa shape index (κ2) is 3.76. The zero-order chi connectivity index (χ0) is 10.7. The molecule has 0 unspecified atom stereocenters. The van der Waals surface area contributed by atoms with E-state index in [0.29, 0.717) is 23.3 Å². The molecule has 0 aliphatic heterocycles. The Kier molecular flexibility index (Phi) is 2.30. The molecule has 1 aromatic carbocycles. The molecule has 0 bridgehead atoms. The van der Waals surface area contributed by atoms with Crippen LogP contribution in [-0.4, -0.2) is 11.4 Å². The third kappa shape index (κ3) is 1.63. The molecule has 0 aliphatic rings. The molecule has 0 aliphatic carbocycles. The number of hydrogen-bond acceptors (Lipinski definition) is 3. The van der Waals surface area contributed by atoms with Crippen LogP contribution in [0.2, 0.25) is 0 Å². The van der Waals surface area contributed by atoms with Crippen LogP contribution in [0.1, 0.15) is 10.4 Å². The van der Waals surface area contributed by atoms with Gasteiger partial charge in [-0.1, -0.05) is 29.4 Å². The van der Waals surface area contributed by atoms with Crippen LogP contribution in [0.5, 0.6) is 0 Å². The summed E-state index contributed by atoms with van der Waals surface area (Å²) in [6.07, 6.45) is 2.06. The molecular formula is C11H6N2O2. The average Bonchev–Trinajstić information content (AvgIpc) is 2.77. The highest BCUT2D eigenvalue weighted by atomic mass is 16.5. The van der Waals surface area contributed by atoms with Crippen LogP contribution in [-0.2, 0) is 0 Å². The largest absolute Gasteiger partial charge is 0.356 e. The van der Waals surface area contributed by atoms with Crippen LogP contribution >= 0.6 is 0 Å². The molecule has 0 saturated heterocycles. The van der Waals surface area contributed by atoms with Crippen molar-refractivity contribution < 1.29 is 9.32 Å². The van der Waals surface area contributed by atoms with Crippen molar-refractivity contribution in [2.75, 3.05) is 0 Å². The SMILES string of the molecule is [C-]#[N+]c1ccc(-c2oncc2C=O)cc1. The van der Waals surface area contributed by atoms with Crippen molar-refractivity contribution in [1.29, 1.82) is 0 Å². The summed E-state index contributed by atoms with van der Waals surface area (Å²) >= 11 is 0. The molecule has 1 heterocycles. The van der Waals surface area contributed by atoms with Crippen molar-refractivity contribution >= 4 is 12.0 Å². The molecule has 0 amide bonds. The highest BCUT2D eigenvalue weighted by molar-refractivity contribution is 5.84. The van der Waals surface area contributed by atoms with E-state index in [0.717, 1.165) is 5.56 Å². The lowest BCUT2D eigenvalue weighted by Crippen LogP contribution is -1.80. The lowest BCUT2D eigenvalue weighted by Gasteiger charge is -1.96. The molecule has 0 fully saturated rings. The minimum atomic E-state index is 0.408. The van der Waals surface area contributed by atoms with E-state index in [9.17, 15) is 4.79 Å². The predicted molar refractivity (Wildman–Crippen MR) is 53.6 cm³/mol. The Morgan fingerprint density at radius 1 is 1.33 bits per heavy atom. The molecular weight excluding hydrogens is 192 g/mol. The summed E-state index contributed by atoms with van der Waals surface area (Å²) < 4.78 is 4.96. The first-order chi connectivity index (χ1) is 7.35. The van der Waals surface area contributed by atoms with Crippen LogP contribution in [0.3, 0.4) is 0 Å². The standard InChI is InChI=1S/C11H6N2O2/c1-12-10-4-2-8(3-5-10)11-9(7-14)6-13-15-11/h2-7H. The number of nitrogens with zero attached hydrogens (tertiary/aromatic N) is 2. The van der Waals surface area contributed by atoms with E-state index in [-0.39, 0.29) is 0 Å². The third-order valence-electron chi connectivity index (χ3n) is 1.98. The van der Waals surface area contributed by atoms with Gasteiger partial charge in [0, 0.05) is 5.56 Å². The quantitative estimate of drug-likeness (QED) is 0.550. The first-order valence-electron chi connectivity index (χ1n) is 4.23. The number of carbonyl (C=O) groups excluding carboxylic acids is 1. The van der Waals surface area contributed by atoms with Crippen molar-refractivity contribution in [3.05, 3.63) is 47.4 Å². The van der Waals surface area contributed by atoms with E-state index in [1.54, 1.807) is 24.3 Å². The minimum Gasteiger partial charge on any atom is -0.356 e. The summed E-state index contributed by atoms with van der Waals surface area (Å²) in [6.45, 7) is 6.80. The molecule has 0 spiro atoms. The maximum absolute atomic E-state index is 10.6. The minimum absolute atomic E-state index is 0.408. The first-order valence-corrected chi connectivity index (χ1v) is 4.23. The Labute approximate surface area is 85.9 Å². The smallest absolute Gasteiger partial charge is 0.187 e. The Morgan fingerprint density at radius 3 is 2.67 bits per heavy atom. The Morgan fingerprint density at radius 2 is 2.07 bits per heavy atom. The van der Waals surface area contributed by atoms with Crippen LogP contribution < -0.4 is 0 Å². The molecule has 4 nitrogen and oxygen atoms in total. The molecule has 0 N–H and O–H groups in total. The fourth-order valence-corrected chi connectivity index (χ4v) is 1.24. The fraction of sp³-hybridized carbons (Fsp3) is 0. The van der Waals surface area contributed by atoms with E-state index in [2.05, 4.69) is 10.0 Å². The van der Waals surface area contributed by atoms with E-state index in [4.69, 9.17) is 11.1 Å². The summed E-state index contributed by atoms with van der Waals surface area (Å²) in [5, 5.41) is 3.55. The van der Waals surface area contributed by atoms with E-state index in [1.807, 2.05) is 0 Å². The monoisotopic (exact) mass is 198 g/mol. The average molecular weight is 198 g/mol. The second-order valence-corrected chi connectivity index (χ2v) is 2.89. The molecule has 2 aromatic rings. The number of benzene rings is 1. The van der Waals surface area contributed by atoms with Crippen molar-refractivity contribution in [2.24, 2.45) is 0 Å². The Hall–Kier alpha value is -2.41. The fourth-order valence-electron chi connectivity index (χ4n) is 1.24. The van der Waals surface area contributed by atoms with E-state index >= 15 is 0 Å². The summed E-state index contributed by atoms with van der Waals surface area (Å²) in [6, 6.07) is 6.78. The van der Waals surface area contributed by atoms with E-state index in [1.165, 1.54) is 6.20 Å². The predicted octanol–water partition coefficient (Wildman–Crippen LogP) is 2.70. The lowest BCUT2D eigenvalue weighted by molar-refractivity contribution is 0.112. The zero-order valence-corrected chi connectivity index (χ0v) is 7.68. The molecule has 4 heteroatoms. The van der Waals surface area contributed by atoms with E-state index < -0.39 is 0 Å². The van der Waals surface area contributed by atoms with Gasteiger partial charge < -0.3 is 4.52 Å². The van der Waals surface area contributed by atoms with Gasteiger partial charge in [-0.25, -0.2) is 4.85 Å². The van der Waals surface area contributed by atoms with Gasteiger partial charge in [0.15, 0.2) is 17.7 Å². The summed E-state index contributed by atoms with van der Waals surface area (Å²) in [7, 11) is 0. The molecule has 72 valence electrons. The molecule has 0 atom stereocenters. The third-order valence-corrected chi connectivity index (χ3v) is 1.98. The van der Waals surface area contributed by atoms with Crippen molar-refractivity contribution in [1.82, 2.24) is 5.16 Å². The summed E-state index contributed by atoms with van der Waals surface area (Å²) in [5.74, 6) is 0.432. The zero-order valence-electron chi connectivity index (χ0n) is 7.68. The number of aromatic nitrogens is 1. The number of rotatable bonds is 2. The maximum Gasteiger partial charge on any atom is 0.187 e. The van der Waals surface area contributed by atoms with Gasteiger partial charge in [0.2, 0.25) is 0 Å². The molecule has 1 aromatic heterocycles. The summed E-state index contributed by atoms with van der Waals surface area (Å²) in [5.41, 5.74) is 1.69. The van der Waals surface area contributed by atoms with Gasteiger partial charge in [-0.15, -0.1) is 0 Å². The van der Waals surface area contributed by atoms with Crippen LogP contribution in [0.25, 0.3) is 16.2 Å². The van der Waals surface area contributed by atoms with Gasteiger partial charge in [0.1, 0.15) is 0 Å². The number of hydrogen-bond donors (Lipinski definition) is 0. The van der Waals surface area contributed by atoms with Crippen molar-refractivity contribution in [2.45, 2.75) is 0 Å². The van der Waals surface area contributed by atoms with Crippen molar-refractivity contribution in [3.63, 3.8) is 0 Å². The van der Waals surface area contributed by atoms with Gasteiger partial charge in [0.05, 0.1) is 18.3 Å². The molecule has 0 radical (unpaired) electrons. The van der Waals surface area contributed by atoms with Crippen LogP contribution in [0.4, 0.5) is 5.69 Å². The van der Waals surface area contributed by atoms with Gasteiger partial charge in [0.25, 0.3) is 0 Å². The Balaban J connectivity index is 2.46. The molecule has 0 saturated carbocycles. The van der Waals surface area contributed by atoms with Crippen molar-refractivity contribution in [3.8, 4) is 11.3 Å². The Bertz CT molecular complexity index is 520. The van der Waals surface area contributed by atoms with Crippen LogP contribution in [0, 0.1) is 6.57 Å². The normalized spacial score (nSPS) is 9.53. The number of aldehydes is 1. The van der Waals surface area contributed by atoms with Crippen LogP contribution in [0.15, 0.2) is 35.0 Å².